The Morgan fingerprint density at radius 2 is 2.05 bits per heavy atom. The predicted molar refractivity (Wildman–Crippen MR) is 75.1 cm³/mol. The van der Waals surface area contributed by atoms with Crippen LogP contribution in [-0.2, 0) is 6.42 Å². The van der Waals surface area contributed by atoms with Gasteiger partial charge in [0.15, 0.2) is 0 Å². The van der Waals surface area contributed by atoms with E-state index in [0.717, 1.165) is 43.7 Å². The van der Waals surface area contributed by atoms with Crippen LogP contribution in [0.3, 0.4) is 0 Å². The summed E-state index contributed by atoms with van der Waals surface area (Å²) in [6.07, 6.45) is 3.07. The van der Waals surface area contributed by atoms with Gasteiger partial charge in [0, 0.05) is 19.5 Å². The molecule has 6 nitrogen and oxygen atoms in total. The lowest BCUT2D eigenvalue weighted by Gasteiger charge is -2.29. The Hall–Kier alpha value is -1.40. The Morgan fingerprint density at radius 3 is 2.63 bits per heavy atom. The Morgan fingerprint density at radius 1 is 1.37 bits per heavy atom. The standard InChI is InChI=1S/C13H23N5O/c1-4-11-15-12(17-14)9(2)13(16-11)19-10-5-7-18(3)8-6-10/h10H,4-8,14H2,1-3H3,(H,15,16,17). The fourth-order valence-electron chi connectivity index (χ4n) is 2.21. The number of anilines is 1. The summed E-state index contributed by atoms with van der Waals surface area (Å²) in [6.45, 7) is 6.08. The Labute approximate surface area is 114 Å². The third kappa shape index (κ3) is 3.33. The molecule has 1 aliphatic rings. The molecule has 0 saturated carbocycles. The first-order valence-electron chi connectivity index (χ1n) is 6.83. The molecule has 1 aliphatic heterocycles. The quantitative estimate of drug-likeness (QED) is 0.627. The van der Waals surface area contributed by atoms with Gasteiger partial charge in [-0.2, -0.15) is 4.98 Å². The molecule has 0 amide bonds. The highest BCUT2D eigenvalue weighted by Gasteiger charge is 2.20. The fraction of sp³-hybridized carbons (Fsp3) is 0.692. The second-order valence-electron chi connectivity index (χ2n) is 5.04. The monoisotopic (exact) mass is 265 g/mol. The molecule has 3 N–H and O–H groups in total. The number of hydrogen-bond donors (Lipinski definition) is 2. The molecule has 106 valence electrons. The number of aryl methyl sites for hydroxylation is 1. The highest BCUT2D eigenvalue weighted by Crippen LogP contribution is 2.24. The smallest absolute Gasteiger partial charge is 0.222 e. The zero-order valence-electron chi connectivity index (χ0n) is 11.9. The molecule has 2 rings (SSSR count). The van der Waals surface area contributed by atoms with Crippen LogP contribution in [0.1, 0.15) is 31.2 Å². The molecule has 1 aromatic heterocycles. The summed E-state index contributed by atoms with van der Waals surface area (Å²) in [5.74, 6) is 7.55. The first-order chi connectivity index (χ1) is 9.13. The van der Waals surface area contributed by atoms with Crippen LogP contribution in [0.2, 0.25) is 0 Å². The van der Waals surface area contributed by atoms with Crippen molar-refractivity contribution in [1.29, 1.82) is 0 Å². The number of ether oxygens (including phenoxy) is 1. The molecular formula is C13H23N5O. The largest absolute Gasteiger partial charge is 0.474 e. The number of piperidine rings is 1. The van der Waals surface area contributed by atoms with Crippen LogP contribution in [-0.4, -0.2) is 41.1 Å². The molecule has 0 radical (unpaired) electrons. The minimum Gasteiger partial charge on any atom is -0.474 e. The van der Waals surface area contributed by atoms with E-state index in [-0.39, 0.29) is 6.10 Å². The van der Waals surface area contributed by atoms with E-state index in [1.165, 1.54) is 0 Å². The summed E-state index contributed by atoms with van der Waals surface area (Å²) in [4.78, 5) is 11.1. The van der Waals surface area contributed by atoms with Crippen molar-refractivity contribution in [2.24, 2.45) is 5.84 Å². The maximum atomic E-state index is 6.05. The van der Waals surface area contributed by atoms with Crippen LogP contribution < -0.4 is 16.0 Å². The fourth-order valence-corrected chi connectivity index (χ4v) is 2.21. The van der Waals surface area contributed by atoms with Crippen molar-refractivity contribution in [2.45, 2.75) is 39.2 Å². The molecule has 0 spiro atoms. The maximum Gasteiger partial charge on any atom is 0.222 e. The minimum absolute atomic E-state index is 0.236. The summed E-state index contributed by atoms with van der Waals surface area (Å²) >= 11 is 0. The van der Waals surface area contributed by atoms with Gasteiger partial charge in [0.05, 0.1) is 5.56 Å². The van der Waals surface area contributed by atoms with Gasteiger partial charge in [0.2, 0.25) is 5.88 Å². The van der Waals surface area contributed by atoms with Gasteiger partial charge < -0.3 is 15.1 Å². The van der Waals surface area contributed by atoms with Crippen LogP contribution in [0, 0.1) is 6.92 Å². The number of likely N-dealkylation sites (tertiary alicyclic amines) is 1. The van der Waals surface area contributed by atoms with E-state index >= 15 is 0 Å². The molecule has 1 fully saturated rings. The Kier molecular flexibility index (Phi) is 4.55. The molecule has 2 heterocycles. The lowest BCUT2D eigenvalue weighted by atomic mass is 10.1. The topological polar surface area (TPSA) is 76.3 Å². The van der Waals surface area contributed by atoms with E-state index in [9.17, 15) is 0 Å². The lowest BCUT2D eigenvalue weighted by molar-refractivity contribution is 0.109. The second-order valence-corrected chi connectivity index (χ2v) is 5.04. The molecule has 0 aliphatic carbocycles. The number of hydrogen-bond acceptors (Lipinski definition) is 6. The number of nitrogens with two attached hydrogens (primary N) is 1. The Balaban J connectivity index is 2.14. The molecule has 0 aromatic carbocycles. The number of nitrogen functional groups attached to an aromatic ring is 1. The summed E-state index contributed by atoms with van der Waals surface area (Å²) in [6, 6.07) is 0. The molecular weight excluding hydrogens is 242 g/mol. The molecule has 1 aromatic rings. The average molecular weight is 265 g/mol. The molecule has 1 saturated heterocycles. The first-order valence-corrected chi connectivity index (χ1v) is 6.83. The van der Waals surface area contributed by atoms with Crippen molar-refractivity contribution in [3.05, 3.63) is 11.4 Å². The van der Waals surface area contributed by atoms with Gasteiger partial charge in [0.1, 0.15) is 17.7 Å². The summed E-state index contributed by atoms with van der Waals surface area (Å²) in [5, 5.41) is 0. The zero-order chi connectivity index (χ0) is 13.8. The van der Waals surface area contributed by atoms with Gasteiger partial charge in [-0.1, -0.05) is 6.92 Å². The molecule has 19 heavy (non-hydrogen) atoms. The van der Waals surface area contributed by atoms with E-state index in [1.54, 1.807) is 0 Å². The van der Waals surface area contributed by atoms with E-state index in [0.29, 0.717) is 11.7 Å². The third-order valence-electron chi connectivity index (χ3n) is 3.54. The second kappa shape index (κ2) is 6.16. The van der Waals surface area contributed by atoms with Crippen molar-refractivity contribution in [1.82, 2.24) is 14.9 Å². The first kappa shape index (κ1) is 14.0. The van der Waals surface area contributed by atoms with Crippen LogP contribution in [0.15, 0.2) is 0 Å². The van der Waals surface area contributed by atoms with Crippen LogP contribution in [0.25, 0.3) is 0 Å². The lowest BCUT2D eigenvalue weighted by Crippen LogP contribution is -2.36. The maximum absolute atomic E-state index is 6.05. The Bertz CT molecular complexity index is 429. The van der Waals surface area contributed by atoms with Crippen molar-refractivity contribution >= 4 is 5.82 Å². The van der Waals surface area contributed by atoms with Crippen LogP contribution in [0.4, 0.5) is 5.82 Å². The molecule has 0 unspecified atom stereocenters. The molecule has 0 bridgehead atoms. The van der Waals surface area contributed by atoms with Crippen molar-refractivity contribution in [3.8, 4) is 5.88 Å². The van der Waals surface area contributed by atoms with Crippen LogP contribution in [0.5, 0.6) is 5.88 Å². The van der Waals surface area contributed by atoms with E-state index < -0.39 is 0 Å². The summed E-state index contributed by atoms with van der Waals surface area (Å²) < 4.78 is 6.05. The molecule has 0 atom stereocenters. The average Bonchev–Trinajstić information content (AvgIpc) is 2.43. The van der Waals surface area contributed by atoms with Gasteiger partial charge >= 0.3 is 0 Å². The van der Waals surface area contributed by atoms with Gasteiger partial charge in [-0.05, 0) is 26.8 Å². The van der Waals surface area contributed by atoms with Crippen molar-refractivity contribution in [2.75, 3.05) is 25.6 Å². The van der Waals surface area contributed by atoms with E-state index in [2.05, 4.69) is 27.3 Å². The zero-order valence-corrected chi connectivity index (χ0v) is 11.9. The highest BCUT2D eigenvalue weighted by molar-refractivity contribution is 5.47. The number of hydrazine groups is 1. The van der Waals surface area contributed by atoms with Gasteiger partial charge in [-0.25, -0.2) is 10.8 Å². The summed E-state index contributed by atoms with van der Waals surface area (Å²) in [5.41, 5.74) is 3.49. The predicted octanol–water partition coefficient (Wildman–Crippen LogP) is 1.11. The SMILES string of the molecule is CCc1nc(NN)c(C)c(OC2CCN(C)CC2)n1. The third-order valence-corrected chi connectivity index (χ3v) is 3.54. The molecule has 6 heteroatoms. The minimum atomic E-state index is 0.236. The van der Waals surface area contributed by atoms with E-state index in [4.69, 9.17) is 10.6 Å². The van der Waals surface area contributed by atoms with Gasteiger partial charge in [0.25, 0.3) is 0 Å². The van der Waals surface area contributed by atoms with E-state index in [1.807, 2.05) is 13.8 Å². The van der Waals surface area contributed by atoms with Gasteiger partial charge in [-0.3, -0.25) is 0 Å². The van der Waals surface area contributed by atoms with Crippen molar-refractivity contribution < 1.29 is 4.74 Å². The highest BCUT2D eigenvalue weighted by atomic mass is 16.5. The van der Waals surface area contributed by atoms with Gasteiger partial charge in [-0.15, -0.1) is 0 Å². The van der Waals surface area contributed by atoms with Crippen LogP contribution >= 0.6 is 0 Å². The normalized spacial score (nSPS) is 17.5. The number of rotatable bonds is 4. The van der Waals surface area contributed by atoms with Crippen molar-refractivity contribution in [3.63, 3.8) is 0 Å². The number of aromatic nitrogens is 2. The number of nitrogens with zero attached hydrogens (tertiary/aromatic N) is 3. The number of nitrogens with one attached hydrogen (secondary N) is 1. The summed E-state index contributed by atoms with van der Waals surface area (Å²) in [7, 11) is 2.14.